The van der Waals surface area contributed by atoms with E-state index in [0.717, 1.165) is 5.69 Å². The van der Waals surface area contributed by atoms with Gasteiger partial charge in [0.2, 0.25) is 0 Å². The lowest BCUT2D eigenvalue weighted by Crippen LogP contribution is -1.97. The van der Waals surface area contributed by atoms with Crippen LogP contribution >= 0.6 is 0 Å². The van der Waals surface area contributed by atoms with Gasteiger partial charge in [0, 0.05) is 32.9 Å². The Morgan fingerprint density at radius 3 is 1.43 bits per heavy atom. The second kappa shape index (κ2) is 12.0. The molecule has 0 spiro atoms. The smallest absolute Gasteiger partial charge is 0.0547 e. The van der Waals surface area contributed by atoms with E-state index >= 15 is 0 Å². The summed E-state index contributed by atoms with van der Waals surface area (Å²) in [5.41, 5.74) is 12.0. The van der Waals surface area contributed by atoms with Crippen LogP contribution in [0.3, 0.4) is 0 Å². The number of hydrogen-bond acceptors (Lipinski definition) is 0. The highest BCUT2D eigenvalue weighted by atomic mass is 15.0. The van der Waals surface area contributed by atoms with Crippen LogP contribution in [0.2, 0.25) is 0 Å². The Bertz CT molecular complexity index is 3510. The highest BCUT2D eigenvalue weighted by Crippen LogP contribution is 2.44. The van der Waals surface area contributed by atoms with Crippen molar-refractivity contribution < 1.29 is 0 Å². The molecule has 0 radical (unpaired) electrons. The van der Waals surface area contributed by atoms with Gasteiger partial charge in [-0.15, -0.1) is 0 Å². The van der Waals surface area contributed by atoms with E-state index in [2.05, 4.69) is 215 Å². The van der Waals surface area contributed by atoms with Crippen molar-refractivity contribution in [3.63, 3.8) is 0 Å². The quantitative estimate of drug-likeness (QED) is 0.161. The summed E-state index contributed by atoms with van der Waals surface area (Å²) >= 11 is 0. The molecule has 0 aliphatic rings. The van der Waals surface area contributed by atoms with Crippen molar-refractivity contribution in [2.75, 3.05) is 0 Å². The number of rotatable bonds is 4. The van der Waals surface area contributed by atoms with Crippen LogP contribution in [0.15, 0.2) is 206 Å². The molecule has 0 atom stereocenters. The third-order valence-electron chi connectivity index (χ3n) is 11.9. The fourth-order valence-corrected chi connectivity index (χ4v) is 9.43. The van der Waals surface area contributed by atoms with E-state index in [1.165, 1.54) is 104 Å². The van der Waals surface area contributed by atoms with Gasteiger partial charge in [-0.25, -0.2) is 0 Å². The zero-order valence-electron chi connectivity index (χ0n) is 30.5. The van der Waals surface area contributed by atoms with Crippen LogP contribution < -0.4 is 0 Å². The van der Waals surface area contributed by atoms with E-state index in [9.17, 15) is 0 Å². The Morgan fingerprint density at radius 1 is 0.232 bits per heavy atom. The monoisotopic (exact) mass is 710 g/mol. The van der Waals surface area contributed by atoms with Crippen LogP contribution in [-0.2, 0) is 0 Å². The van der Waals surface area contributed by atoms with E-state index < -0.39 is 0 Å². The third-order valence-corrected chi connectivity index (χ3v) is 11.9. The molecule has 260 valence electrons. The highest BCUT2D eigenvalue weighted by molar-refractivity contribution is 6.29. The Labute approximate surface area is 323 Å². The van der Waals surface area contributed by atoms with E-state index in [1.54, 1.807) is 0 Å². The minimum absolute atomic E-state index is 1.16. The Hall–Kier alpha value is -7.42. The van der Waals surface area contributed by atoms with Crippen molar-refractivity contribution in [1.82, 2.24) is 9.13 Å². The number of nitrogens with zero attached hydrogens (tertiary/aromatic N) is 2. The number of para-hydroxylation sites is 3. The summed E-state index contributed by atoms with van der Waals surface area (Å²) in [6, 6.07) is 75.8. The zero-order chi connectivity index (χ0) is 36.7. The maximum atomic E-state index is 2.47. The van der Waals surface area contributed by atoms with Gasteiger partial charge >= 0.3 is 0 Å². The molecule has 12 aromatic rings. The first-order valence-electron chi connectivity index (χ1n) is 19.4. The van der Waals surface area contributed by atoms with Crippen molar-refractivity contribution in [2.45, 2.75) is 0 Å². The minimum Gasteiger partial charge on any atom is -0.309 e. The lowest BCUT2D eigenvalue weighted by Gasteiger charge is -2.18. The normalized spacial score (nSPS) is 11.9. The van der Waals surface area contributed by atoms with Gasteiger partial charge < -0.3 is 9.13 Å². The fraction of sp³-hybridized carbons (Fsp3) is 0. The predicted octanol–water partition coefficient (Wildman–Crippen LogP) is 14.7. The topological polar surface area (TPSA) is 9.86 Å². The summed E-state index contributed by atoms with van der Waals surface area (Å²) in [5.74, 6) is 0. The first kappa shape index (κ1) is 31.0. The summed E-state index contributed by atoms with van der Waals surface area (Å²) in [6.45, 7) is 0. The van der Waals surface area contributed by atoms with Crippen molar-refractivity contribution in [3.8, 4) is 33.6 Å². The van der Waals surface area contributed by atoms with Gasteiger partial charge in [-0.2, -0.15) is 0 Å². The van der Waals surface area contributed by atoms with Crippen LogP contribution in [0.25, 0.3) is 110 Å². The largest absolute Gasteiger partial charge is 0.309 e. The molecule has 0 amide bonds. The summed E-state index contributed by atoms with van der Waals surface area (Å²) in [5, 5.41) is 12.7. The van der Waals surface area contributed by atoms with Crippen molar-refractivity contribution >= 4 is 75.9 Å². The molecule has 12 rings (SSSR count). The van der Waals surface area contributed by atoms with Crippen LogP contribution in [-0.4, -0.2) is 9.13 Å². The van der Waals surface area contributed by atoms with Crippen LogP contribution in [0.4, 0.5) is 0 Å². The summed E-state index contributed by atoms with van der Waals surface area (Å²) in [4.78, 5) is 0. The molecule has 56 heavy (non-hydrogen) atoms. The molecule has 0 saturated carbocycles. The van der Waals surface area contributed by atoms with Gasteiger partial charge in [-0.05, 0) is 109 Å². The van der Waals surface area contributed by atoms with Gasteiger partial charge in [0.25, 0.3) is 0 Å². The Balaban J connectivity index is 1.12. The Morgan fingerprint density at radius 2 is 0.714 bits per heavy atom. The number of fused-ring (bicyclic) bond motifs is 12. The Kier molecular flexibility index (Phi) is 6.66. The molecule has 2 nitrogen and oxygen atoms in total. The van der Waals surface area contributed by atoms with Crippen molar-refractivity contribution in [2.24, 2.45) is 0 Å². The van der Waals surface area contributed by atoms with Crippen molar-refractivity contribution in [1.29, 1.82) is 0 Å². The lowest BCUT2D eigenvalue weighted by atomic mass is 9.89. The molecule has 0 unspecified atom stereocenters. The summed E-state index contributed by atoms with van der Waals surface area (Å²) in [7, 11) is 0. The van der Waals surface area contributed by atoms with Crippen molar-refractivity contribution in [3.05, 3.63) is 206 Å². The second-order valence-corrected chi connectivity index (χ2v) is 14.9. The van der Waals surface area contributed by atoms with Gasteiger partial charge in [-0.1, -0.05) is 152 Å². The molecule has 0 aliphatic carbocycles. The molecule has 0 saturated heterocycles. The standard InChI is InChI=1S/C54H34N2/c1-3-15-35(16-4-1)47-33-39(34-49-42-21-8-7-19-40(42)41-20-9-10-24-46(41)54(47)49)56-51-26-14-12-23-44(51)48-31-36(28-30-52(48)56)37-27-29-45-43-22-11-13-25-50(43)55(53(45)32-37)38-17-5-2-6-18-38/h1-34H. The SMILES string of the molecule is c1ccc(-c2cc(-n3c4ccccc4c4cc(-c5ccc6c7ccccc7n(-c7ccccc7)c6c5)ccc43)cc3c4ccccc4c4ccccc4c23)cc1. The minimum atomic E-state index is 1.16. The lowest BCUT2D eigenvalue weighted by molar-refractivity contribution is 1.18. The van der Waals surface area contributed by atoms with Crippen LogP contribution in [0.5, 0.6) is 0 Å². The van der Waals surface area contributed by atoms with E-state index in [0.29, 0.717) is 0 Å². The van der Waals surface area contributed by atoms with Gasteiger partial charge in [0.05, 0.1) is 22.1 Å². The van der Waals surface area contributed by atoms with Gasteiger partial charge in [-0.3, -0.25) is 0 Å². The molecule has 0 aliphatic heterocycles. The highest BCUT2D eigenvalue weighted by Gasteiger charge is 2.19. The first-order chi connectivity index (χ1) is 27.8. The van der Waals surface area contributed by atoms with E-state index in [4.69, 9.17) is 0 Å². The first-order valence-corrected chi connectivity index (χ1v) is 19.4. The predicted molar refractivity (Wildman–Crippen MR) is 239 cm³/mol. The number of aromatic nitrogens is 2. The summed E-state index contributed by atoms with van der Waals surface area (Å²) in [6.07, 6.45) is 0. The van der Waals surface area contributed by atoms with E-state index in [-0.39, 0.29) is 0 Å². The molecular formula is C54H34N2. The molecule has 0 fully saturated rings. The fourth-order valence-electron chi connectivity index (χ4n) is 9.43. The van der Waals surface area contributed by atoms with E-state index in [1.807, 2.05) is 0 Å². The molecule has 2 heteroatoms. The molecular weight excluding hydrogens is 677 g/mol. The third kappa shape index (κ3) is 4.50. The van der Waals surface area contributed by atoms with Crippen LogP contribution in [0.1, 0.15) is 0 Å². The summed E-state index contributed by atoms with van der Waals surface area (Å²) < 4.78 is 4.87. The van der Waals surface area contributed by atoms with Crippen LogP contribution in [0, 0.1) is 0 Å². The molecule has 0 N–H and O–H groups in total. The maximum Gasteiger partial charge on any atom is 0.0547 e. The molecule has 2 heterocycles. The van der Waals surface area contributed by atoms with Gasteiger partial charge in [0.15, 0.2) is 0 Å². The second-order valence-electron chi connectivity index (χ2n) is 14.9. The molecule has 0 bridgehead atoms. The average Bonchev–Trinajstić information content (AvgIpc) is 3.79. The average molecular weight is 711 g/mol. The molecule has 10 aromatic carbocycles. The van der Waals surface area contributed by atoms with Gasteiger partial charge in [0.1, 0.15) is 0 Å². The maximum absolute atomic E-state index is 2.47. The number of benzene rings is 10. The number of hydrogen-bond donors (Lipinski definition) is 0. The zero-order valence-corrected chi connectivity index (χ0v) is 30.5. The molecule has 2 aromatic heterocycles.